The zero-order valence-electron chi connectivity index (χ0n) is 15.2. The molecular weight excluding hydrogens is 330 g/mol. The van der Waals surface area contributed by atoms with Crippen LogP contribution in [0.3, 0.4) is 0 Å². The van der Waals surface area contributed by atoms with Gasteiger partial charge in [-0.1, -0.05) is 13.0 Å². The smallest absolute Gasteiger partial charge is 0.253 e. The van der Waals surface area contributed by atoms with Crippen molar-refractivity contribution >= 4 is 16.8 Å². The van der Waals surface area contributed by atoms with Gasteiger partial charge in [-0.3, -0.25) is 9.78 Å². The van der Waals surface area contributed by atoms with Crippen molar-refractivity contribution in [3.63, 3.8) is 0 Å². The molecule has 0 unspecified atom stereocenters. The largest absolute Gasteiger partial charge is 0.396 e. The summed E-state index contributed by atoms with van der Waals surface area (Å²) in [5.74, 6) is 0.299. The van der Waals surface area contributed by atoms with Crippen molar-refractivity contribution in [3.05, 3.63) is 42.1 Å². The van der Waals surface area contributed by atoms with Crippen LogP contribution in [0, 0.1) is 11.8 Å². The summed E-state index contributed by atoms with van der Waals surface area (Å²) in [4.78, 5) is 21.3. The molecule has 0 radical (unpaired) electrons. The van der Waals surface area contributed by atoms with E-state index in [0.717, 1.165) is 24.0 Å². The van der Waals surface area contributed by atoms with Gasteiger partial charge in [0, 0.05) is 55.9 Å². The first-order valence-electron chi connectivity index (χ1n) is 9.24. The topological polar surface area (TPSA) is 76.9 Å². The van der Waals surface area contributed by atoms with Gasteiger partial charge in [-0.2, -0.15) is 0 Å². The number of carbonyl (C=O) groups is 1. The number of carbonyl (C=O) groups excluding carboxylic acids is 1. The summed E-state index contributed by atoms with van der Waals surface area (Å²) >= 11 is 0. The lowest BCUT2D eigenvalue weighted by molar-refractivity contribution is 0.0778. The summed E-state index contributed by atoms with van der Waals surface area (Å²) in [6, 6.07) is 9.40. The van der Waals surface area contributed by atoms with Crippen molar-refractivity contribution in [3.8, 4) is 0 Å². The van der Waals surface area contributed by atoms with E-state index in [1.54, 1.807) is 6.20 Å². The van der Waals surface area contributed by atoms with E-state index in [9.17, 15) is 15.0 Å². The number of benzene rings is 1. The first-order valence-corrected chi connectivity index (χ1v) is 9.24. The van der Waals surface area contributed by atoms with Gasteiger partial charge in [0.1, 0.15) is 0 Å². The molecule has 0 aliphatic carbocycles. The predicted octanol–water partition coefficient (Wildman–Crippen LogP) is 1.23. The van der Waals surface area contributed by atoms with E-state index < -0.39 is 0 Å². The Hall–Kier alpha value is -2.02. The minimum absolute atomic E-state index is 0.00177. The third-order valence-electron chi connectivity index (χ3n) is 5.30. The molecule has 1 aliphatic rings. The van der Waals surface area contributed by atoms with Gasteiger partial charge in [0.15, 0.2) is 0 Å². The van der Waals surface area contributed by atoms with Crippen LogP contribution in [0.1, 0.15) is 17.3 Å². The molecule has 6 nitrogen and oxygen atoms in total. The lowest BCUT2D eigenvalue weighted by atomic mass is 9.96. The Morgan fingerprint density at radius 1 is 1.27 bits per heavy atom. The van der Waals surface area contributed by atoms with Crippen LogP contribution in [-0.2, 0) is 0 Å². The maximum Gasteiger partial charge on any atom is 0.253 e. The Morgan fingerprint density at radius 2 is 2.08 bits per heavy atom. The summed E-state index contributed by atoms with van der Waals surface area (Å²) in [6.07, 6.45) is 1.74. The molecule has 1 fully saturated rings. The van der Waals surface area contributed by atoms with Crippen molar-refractivity contribution < 1.29 is 15.0 Å². The zero-order valence-corrected chi connectivity index (χ0v) is 15.2. The van der Waals surface area contributed by atoms with Gasteiger partial charge >= 0.3 is 0 Å². The van der Waals surface area contributed by atoms with E-state index in [0.29, 0.717) is 25.2 Å². The average Bonchev–Trinajstić information content (AvgIpc) is 3.09. The summed E-state index contributed by atoms with van der Waals surface area (Å²) < 4.78 is 0. The number of aliphatic hydroxyl groups excluding tert-OH is 2. The van der Waals surface area contributed by atoms with E-state index >= 15 is 0 Å². The molecule has 2 heterocycles. The van der Waals surface area contributed by atoms with E-state index in [1.807, 2.05) is 35.2 Å². The maximum absolute atomic E-state index is 12.9. The summed E-state index contributed by atoms with van der Waals surface area (Å²) in [7, 11) is 0. The molecule has 2 N–H and O–H groups in total. The van der Waals surface area contributed by atoms with Crippen LogP contribution in [0.2, 0.25) is 0 Å². The van der Waals surface area contributed by atoms with Crippen molar-refractivity contribution in [1.29, 1.82) is 0 Å². The van der Waals surface area contributed by atoms with Crippen LogP contribution >= 0.6 is 0 Å². The Morgan fingerprint density at radius 3 is 2.81 bits per heavy atom. The summed E-state index contributed by atoms with van der Waals surface area (Å²) in [5.41, 5.74) is 1.53. The molecule has 1 saturated heterocycles. The highest BCUT2D eigenvalue weighted by atomic mass is 16.3. The monoisotopic (exact) mass is 357 g/mol. The Kier molecular flexibility index (Phi) is 6.19. The van der Waals surface area contributed by atoms with Crippen LogP contribution in [0.5, 0.6) is 0 Å². The number of nitrogens with zero attached hydrogens (tertiary/aromatic N) is 3. The number of hydrogen-bond donors (Lipinski definition) is 2. The fraction of sp³-hybridized carbons (Fsp3) is 0.500. The van der Waals surface area contributed by atoms with Crippen molar-refractivity contribution in [2.75, 3.05) is 45.9 Å². The van der Waals surface area contributed by atoms with Crippen molar-refractivity contribution in [2.45, 2.75) is 6.92 Å². The number of likely N-dealkylation sites (N-methyl/N-ethyl adjacent to an activating group) is 1. The molecule has 2 atom stereocenters. The SMILES string of the molecule is CCN(CCO)C[C@@H]1CN(C(=O)c2ccc3ncccc3c2)C[C@@H]1CO. The van der Waals surface area contributed by atoms with Gasteiger partial charge in [0.05, 0.1) is 12.1 Å². The second kappa shape index (κ2) is 8.58. The molecule has 1 amide bonds. The van der Waals surface area contributed by atoms with Crippen LogP contribution in [-0.4, -0.2) is 76.8 Å². The molecule has 0 saturated carbocycles. The quantitative estimate of drug-likeness (QED) is 0.779. The highest BCUT2D eigenvalue weighted by Gasteiger charge is 2.35. The minimum atomic E-state index is 0.00177. The minimum Gasteiger partial charge on any atom is -0.396 e. The summed E-state index contributed by atoms with van der Waals surface area (Å²) in [6.45, 7) is 5.72. The fourth-order valence-corrected chi connectivity index (χ4v) is 3.76. The molecule has 6 heteroatoms. The maximum atomic E-state index is 12.9. The fourth-order valence-electron chi connectivity index (χ4n) is 3.76. The van der Waals surface area contributed by atoms with Crippen LogP contribution in [0.25, 0.3) is 10.9 Å². The Balaban J connectivity index is 1.72. The molecule has 26 heavy (non-hydrogen) atoms. The number of aliphatic hydroxyl groups is 2. The predicted molar refractivity (Wildman–Crippen MR) is 101 cm³/mol. The van der Waals surface area contributed by atoms with Crippen LogP contribution in [0.4, 0.5) is 0 Å². The molecule has 1 aliphatic heterocycles. The Bertz CT molecular complexity index is 752. The van der Waals surface area contributed by atoms with Crippen LogP contribution < -0.4 is 0 Å². The third kappa shape index (κ3) is 4.03. The lowest BCUT2D eigenvalue weighted by Gasteiger charge is -2.25. The molecule has 0 spiro atoms. The number of rotatable bonds is 7. The van der Waals surface area contributed by atoms with Gasteiger partial charge < -0.3 is 20.0 Å². The van der Waals surface area contributed by atoms with E-state index in [4.69, 9.17) is 0 Å². The number of hydrogen-bond acceptors (Lipinski definition) is 5. The molecule has 0 bridgehead atoms. The van der Waals surface area contributed by atoms with Crippen LogP contribution in [0.15, 0.2) is 36.5 Å². The van der Waals surface area contributed by atoms with Gasteiger partial charge in [-0.25, -0.2) is 0 Å². The first kappa shape index (κ1) is 18.8. The van der Waals surface area contributed by atoms with Crippen molar-refractivity contribution in [1.82, 2.24) is 14.8 Å². The second-order valence-corrected chi connectivity index (χ2v) is 6.94. The van der Waals surface area contributed by atoms with E-state index in [-0.39, 0.29) is 31.0 Å². The molecule has 140 valence electrons. The lowest BCUT2D eigenvalue weighted by Crippen LogP contribution is -2.36. The van der Waals surface area contributed by atoms with Gasteiger partial charge in [0.25, 0.3) is 5.91 Å². The molecule has 2 aromatic rings. The third-order valence-corrected chi connectivity index (χ3v) is 5.30. The van der Waals surface area contributed by atoms with Gasteiger partial charge in [0.2, 0.25) is 0 Å². The number of pyridine rings is 1. The molecular formula is C20H27N3O3. The van der Waals surface area contributed by atoms with E-state index in [2.05, 4.69) is 16.8 Å². The zero-order chi connectivity index (χ0) is 18.5. The first-order chi connectivity index (χ1) is 12.7. The average molecular weight is 357 g/mol. The summed E-state index contributed by atoms with van der Waals surface area (Å²) in [5, 5.41) is 19.9. The van der Waals surface area contributed by atoms with Gasteiger partial charge in [-0.05, 0) is 36.7 Å². The van der Waals surface area contributed by atoms with E-state index in [1.165, 1.54) is 0 Å². The van der Waals surface area contributed by atoms with Crippen molar-refractivity contribution in [2.24, 2.45) is 11.8 Å². The number of likely N-dealkylation sites (tertiary alicyclic amines) is 1. The highest BCUT2D eigenvalue weighted by molar-refractivity contribution is 5.98. The number of amides is 1. The highest BCUT2D eigenvalue weighted by Crippen LogP contribution is 2.26. The molecule has 3 rings (SSSR count). The molecule has 1 aromatic heterocycles. The number of aromatic nitrogens is 1. The van der Waals surface area contributed by atoms with Gasteiger partial charge in [-0.15, -0.1) is 0 Å². The standard InChI is InChI=1S/C20H27N3O3/c1-2-22(8-9-24)11-17-12-23(13-18(17)14-25)20(26)16-5-6-19-15(10-16)4-3-7-21-19/h3-7,10,17-18,24-25H,2,8-9,11-14H2,1H3/t17-,18-/m1/s1. The Labute approximate surface area is 154 Å². The number of fused-ring (bicyclic) bond motifs is 1. The normalized spacial score (nSPS) is 20.2. The second-order valence-electron chi connectivity index (χ2n) is 6.94. The molecule has 1 aromatic carbocycles.